The minimum absolute atomic E-state index is 0.183. The maximum absolute atomic E-state index is 13.2. The quantitative estimate of drug-likeness (QED) is 0.668. The lowest BCUT2D eigenvalue weighted by atomic mass is 9.97. The van der Waals surface area contributed by atoms with Gasteiger partial charge in [-0.1, -0.05) is 24.3 Å². The molecule has 2 rings (SSSR count). The molecule has 2 nitrogen and oxygen atoms in total. The fourth-order valence-electron chi connectivity index (χ4n) is 1.83. The first kappa shape index (κ1) is 16.3. The number of nitrogens with zero attached hydrogens (tertiary/aromatic N) is 1. The smallest absolute Gasteiger partial charge is 0.357 e. The van der Waals surface area contributed by atoms with Crippen LogP contribution >= 0.6 is 23.2 Å². The predicted molar refractivity (Wildman–Crippen MR) is 72.0 cm³/mol. The Kier molecular flexibility index (Phi) is 4.08. The molecule has 8 heteroatoms. The lowest BCUT2D eigenvalue weighted by Gasteiger charge is -2.34. The molecule has 0 unspecified atom stereocenters. The van der Waals surface area contributed by atoms with Crippen LogP contribution in [0.1, 0.15) is 5.69 Å². The zero-order valence-electron chi connectivity index (χ0n) is 10.3. The number of hydrogen-bond acceptors (Lipinski definition) is 2. The molecule has 114 valence electrons. The first-order chi connectivity index (χ1) is 9.54. The number of hydrogen-bond donors (Lipinski definition) is 1. The van der Waals surface area contributed by atoms with Gasteiger partial charge in [-0.15, -0.1) is 0 Å². The third kappa shape index (κ3) is 3.07. The Balaban J connectivity index is 2.44. The molecule has 2 aromatic rings. The van der Waals surface area contributed by atoms with Gasteiger partial charge in [0.15, 0.2) is 0 Å². The maximum atomic E-state index is 13.2. The highest BCUT2D eigenvalue weighted by molar-refractivity contribution is 6.26. The summed E-state index contributed by atoms with van der Waals surface area (Å²) in [5, 5.41) is 1.03. The van der Waals surface area contributed by atoms with Gasteiger partial charge >= 0.3 is 10.8 Å². The van der Waals surface area contributed by atoms with Crippen molar-refractivity contribution in [1.29, 1.82) is 0 Å². The summed E-state index contributed by atoms with van der Waals surface area (Å²) in [6.45, 7) is 0. The Bertz CT molecular complexity index is 640. The Morgan fingerprint density at radius 2 is 1.52 bits per heavy atom. The number of fused-ring (bicyclic) bond motifs is 1. The van der Waals surface area contributed by atoms with E-state index < -0.39 is 22.8 Å². The fourth-order valence-corrected chi connectivity index (χ4v) is 2.25. The summed E-state index contributed by atoms with van der Waals surface area (Å²) in [5.41, 5.74) is -3.73. The van der Waals surface area contributed by atoms with Crippen molar-refractivity contribution in [2.45, 2.75) is 22.8 Å². The normalized spacial score (nSPS) is 13.7. The van der Waals surface area contributed by atoms with Crippen molar-refractivity contribution in [2.24, 2.45) is 0 Å². The van der Waals surface area contributed by atoms with Crippen LogP contribution in [0.5, 0.6) is 0 Å². The van der Waals surface area contributed by atoms with Gasteiger partial charge in [0.1, 0.15) is 0 Å². The van der Waals surface area contributed by atoms with Crippen molar-refractivity contribution >= 4 is 34.1 Å². The SMILES string of the molecule is OC(Cc1ccc2ccccc2n1)(C(F)(F)Cl)C(F)(F)Cl. The van der Waals surface area contributed by atoms with E-state index in [0.717, 1.165) is 0 Å². The number of rotatable bonds is 4. The molecule has 1 aromatic carbocycles. The van der Waals surface area contributed by atoms with Gasteiger partial charge in [-0.05, 0) is 35.3 Å². The molecule has 0 bridgehead atoms. The van der Waals surface area contributed by atoms with Gasteiger partial charge < -0.3 is 5.11 Å². The number of pyridine rings is 1. The molecule has 0 fully saturated rings. The van der Waals surface area contributed by atoms with Crippen molar-refractivity contribution in [3.8, 4) is 0 Å². The molecule has 0 spiro atoms. The standard InChI is InChI=1S/C13H9Cl2F4NO/c14-12(16,17)11(21,13(15,18)19)7-9-6-5-8-3-1-2-4-10(8)20-9/h1-6,21H,7H2. The molecular weight excluding hydrogens is 333 g/mol. The number of halogens is 6. The van der Waals surface area contributed by atoms with Crippen molar-refractivity contribution in [3.63, 3.8) is 0 Å². The van der Waals surface area contributed by atoms with E-state index in [1.807, 2.05) is 0 Å². The molecule has 0 radical (unpaired) electrons. The van der Waals surface area contributed by atoms with Crippen molar-refractivity contribution in [2.75, 3.05) is 0 Å². The number of aromatic nitrogens is 1. The lowest BCUT2D eigenvalue weighted by molar-refractivity contribution is -0.216. The molecule has 0 aliphatic heterocycles. The van der Waals surface area contributed by atoms with Gasteiger partial charge in [-0.25, -0.2) is 0 Å². The second kappa shape index (κ2) is 5.26. The summed E-state index contributed by atoms with van der Waals surface area (Å²) in [5.74, 6) is 0. The third-order valence-corrected chi connectivity index (χ3v) is 3.66. The van der Waals surface area contributed by atoms with Crippen molar-refractivity contribution in [1.82, 2.24) is 4.98 Å². The fraction of sp³-hybridized carbons (Fsp3) is 0.308. The molecule has 1 N–H and O–H groups in total. The summed E-state index contributed by atoms with van der Waals surface area (Å²) < 4.78 is 52.8. The molecule has 0 atom stereocenters. The van der Waals surface area contributed by atoms with E-state index in [2.05, 4.69) is 28.2 Å². The van der Waals surface area contributed by atoms with Crippen LogP contribution in [0.3, 0.4) is 0 Å². The Labute approximate surface area is 127 Å². The van der Waals surface area contributed by atoms with Crippen LogP contribution in [0.25, 0.3) is 10.9 Å². The van der Waals surface area contributed by atoms with Gasteiger partial charge in [0.25, 0.3) is 0 Å². The van der Waals surface area contributed by atoms with Crippen LogP contribution < -0.4 is 0 Å². The van der Waals surface area contributed by atoms with Gasteiger partial charge in [0.2, 0.25) is 5.60 Å². The average molecular weight is 342 g/mol. The van der Waals surface area contributed by atoms with Crippen LogP contribution in [0.4, 0.5) is 17.6 Å². The maximum Gasteiger partial charge on any atom is 0.357 e. The van der Waals surface area contributed by atoms with E-state index in [9.17, 15) is 22.7 Å². The topological polar surface area (TPSA) is 33.1 Å². The second-order valence-electron chi connectivity index (χ2n) is 4.53. The molecule has 21 heavy (non-hydrogen) atoms. The molecule has 0 saturated carbocycles. The molecule has 0 saturated heterocycles. The van der Waals surface area contributed by atoms with Crippen LogP contribution in [0.15, 0.2) is 36.4 Å². The number of para-hydroxylation sites is 1. The summed E-state index contributed by atoms with van der Waals surface area (Å²) in [7, 11) is 0. The van der Waals surface area contributed by atoms with Gasteiger partial charge in [-0.3, -0.25) is 4.98 Å². The van der Waals surface area contributed by atoms with E-state index in [0.29, 0.717) is 10.9 Å². The van der Waals surface area contributed by atoms with E-state index in [4.69, 9.17) is 0 Å². The van der Waals surface area contributed by atoms with Gasteiger partial charge in [0.05, 0.1) is 5.52 Å². The number of alkyl halides is 6. The molecule has 1 heterocycles. The van der Waals surface area contributed by atoms with Crippen molar-refractivity contribution in [3.05, 3.63) is 42.1 Å². The van der Waals surface area contributed by atoms with Crippen LogP contribution in [0.2, 0.25) is 0 Å². The highest BCUT2D eigenvalue weighted by Crippen LogP contribution is 2.47. The minimum Gasteiger partial charge on any atom is -0.376 e. The molecule has 1 aromatic heterocycles. The molecule has 0 aliphatic rings. The second-order valence-corrected chi connectivity index (χ2v) is 5.48. The first-order valence-electron chi connectivity index (χ1n) is 5.75. The molecule has 0 aliphatic carbocycles. The summed E-state index contributed by atoms with van der Waals surface area (Å²) in [6.07, 6.45) is -1.20. The third-order valence-electron chi connectivity index (χ3n) is 3.03. The molecule has 0 amide bonds. The number of benzene rings is 1. The zero-order valence-corrected chi connectivity index (χ0v) is 11.8. The Hall–Kier alpha value is -1.11. The van der Waals surface area contributed by atoms with Crippen LogP contribution in [0, 0.1) is 0 Å². The highest BCUT2D eigenvalue weighted by atomic mass is 35.5. The van der Waals surface area contributed by atoms with Crippen LogP contribution in [-0.4, -0.2) is 26.5 Å². The minimum atomic E-state index is -4.63. The Morgan fingerprint density at radius 1 is 0.952 bits per heavy atom. The summed E-state index contributed by atoms with van der Waals surface area (Å²) >= 11 is 9.24. The average Bonchev–Trinajstić information content (AvgIpc) is 2.36. The first-order valence-corrected chi connectivity index (χ1v) is 6.51. The van der Waals surface area contributed by atoms with E-state index in [1.165, 1.54) is 12.1 Å². The van der Waals surface area contributed by atoms with Gasteiger partial charge in [-0.2, -0.15) is 17.6 Å². The Morgan fingerprint density at radius 3 is 2.10 bits per heavy atom. The lowest BCUT2D eigenvalue weighted by Crippen LogP contribution is -2.57. The summed E-state index contributed by atoms with van der Waals surface area (Å²) in [4.78, 5) is 3.94. The molecular formula is C13H9Cl2F4NO. The summed E-state index contributed by atoms with van der Waals surface area (Å²) in [6, 6.07) is 9.44. The largest absolute Gasteiger partial charge is 0.376 e. The number of aliphatic hydroxyl groups is 1. The monoisotopic (exact) mass is 341 g/mol. The highest BCUT2D eigenvalue weighted by Gasteiger charge is 2.66. The van der Waals surface area contributed by atoms with Gasteiger partial charge in [0, 0.05) is 17.5 Å². The van der Waals surface area contributed by atoms with E-state index in [1.54, 1.807) is 24.3 Å². The zero-order chi connectivity index (χ0) is 15.9. The van der Waals surface area contributed by atoms with E-state index >= 15 is 0 Å². The predicted octanol–water partition coefficient (Wildman–Crippen LogP) is 4.17. The van der Waals surface area contributed by atoms with E-state index in [-0.39, 0.29) is 5.69 Å². The van der Waals surface area contributed by atoms with Crippen molar-refractivity contribution < 1.29 is 22.7 Å². The van der Waals surface area contributed by atoms with Crippen LogP contribution in [-0.2, 0) is 6.42 Å².